The van der Waals surface area contributed by atoms with Crippen LogP contribution in [0.15, 0.2) is 103 Å². The summed E-state index contributed by atoms with van der Waals surface area (Å²) in [5.74, 6) is 0. The summed E-state index contributed by atoms with van der Waals surface area (Å²) in [6.45, 7) is 0. The Morgan fingerprint density at radius 2 is 1.04 bits per heavy atom. The van der Waals surface area contributed by atoms with E-state index in [1.54, 1.807) is 0 Å². The Labute approximate surface area is 148 Å². The molecular formula is C23H20N2. The lowest BCUT2D eigenvalue weighted by molar-refractivity contribution is 1.48. The van der Waals surface area contributed by atoms with Gasteiger partial charge in [0.15, 0.2) is 0 Å². The second kappa shape index (κ2) is 7.93. The van der Waals surface area contributed by atoms with Crippen molar-refractivity contribution >= 4 is 17.0 Å². The number of nitrogens with two attached hydrogens (primary N) is 1. The number of hydrogen-bond donors (Lipinski definition) is 2. The fraction of sp³-hybridized carbons (Fsp3) is 0. The van der Waals surface area contributed by atoms with Crippen LogP contribution in [0.4, 0.5) is 0 Å². The van der Waals surface area contributed by atoms with Crippen LogP contribution in [0.25, 0.3) is 11.3 Å². The maximum atomic E-state index is 8.41. The molecule has 122 valence electrons. The molecule has 3 N–H and O–H groups in total. The molecule has 0 aliphatic rings. The predicted octanol–water partition coefficient (Wildman–Crippen LogP) is 5.14. The topological polar surface area (TPSA) is 49.9 Å². The molecule has 0 saturated heterocycles. The van der Waals surface area contributed by atoms with Crippen molar-refractivity contribution in [3.63, 3.8) is 0 Å². The summed E-state index contributed by atoms with van der Waals surface area (Å²) in [5, 5.41) is 8.41. The predicted molar refractivity (Wildman–Crippen MR) is 106 cm³/mol. The molecule has 0 aliphatic heterocycles. The van der Waals surface area contributed by atoms with Gasteiger partial charge in [0.05, 0.1) is 5.71 Å². The minimum absolute atomic E-state index is 0.455. The van der Waals surface area contributed by atoms with Crippen LogP contribution in [-0.4, -0.2) is 5.71 Å². The largest absolute Gasteiger partial charge is 0.398 e. The quantitative estimate of drug-likeness (QED) is 0.495. The summed E-state index contributed by atoms with van der Waals surface area (Å²) >= 11 is 0. The van der Waals surface area contributed by atoms with Gasteiger partial charge in [0, 0.05) is 5.70 Å². The second-order valence-corrected chi connectivity index (χ2v) is 5.71. The molecule has 2 heteroatoms. The van der Waals surface area contributed by atoms with Gasteiger partial charge >= 0.3 is 0 Å². The van der Waals surface area contributed by atoms with Gasteiger partial charge < -0.3 is 11.1 Å². The van der Waals surface area contributed by atoms with E-state index >= 15 is 0 Å². The molecular weight excluding hydrogens is 304 g/mol. The summed E-state index contributed by atoms with van der Waals surface area (Å²) in [7, 11) is 0. The van der Waals surface area contributed by atoms with Crippen molar-refractivity contribution in [1.29, 1.82) is 5.41 Å². The van der Waals surface area contributed by atoms with Gasteiger partial charge in [0.25, 0.3) is 0 Å². The highest BCUT2D eigenvalue weighted by molar-refractivity contribution is 6.11. The molecule has 2 nitrogen and oxygen atoms in total. The molecule has 0 atom stereocenters. The molecule has 0 fully saturated rings. The number of nitrogens with one attached hydrogen (secondary N) is 1. The number of benzene rings is 3. The van der Waals surface area contributed by atoms with Gasteiger partial charge in [0.1, 0.15) is 0 Å². The van der Waals surface area contributed by atoms with Gasteiger partial charge in [-0.3, -0.25) is 0 Å². The van der Waals surface area contributed by atoms with E-state index in [9.17, 15) is 0 Å². The van der Waals surface area contributed by atoms with Gasteiger partial charge in [0.2, 0.25) is 0 Å². The van der Waals surface area contributed by atoms with E-state index in [-0.39, 0.29) is 0 Å². The van der Waals surface area contributed by atoms with Crippen LogP contribution in [-0.2, 0) is 0 Å². The molecule has 0 radical (unpaired) electrons. The Kier molecular flexibility index (Phi) is 5.22. The summed E-state index contributed by atoms with van der Waals surface area (Å²) in [6.07, 6.45) is 3.79. The molecule has 3 rings (SSSR count). The molecule has 0 amide bonds. The Bertz CT molecular complexity index is 893. The number of hydrogen-bond acceptors (Lipinski definition) is 2. The van der Waals surface area contributed by atoms with E-state index < -0.39 is 0 Å². The first-order valence-electron chi connectivity index (χ1n) is 8.18. The Balaban J connectivity index is 2.02. The molecule has 0 unspecified atom stereocenters. The van der Waals surface area contributed by atoms with E-state index in [0.29, 0.717) is 11.4 Å². The molecule has 0 aromatic heterocycles. The van der Waals surface area contributed by atoms with Crippen molar-refractivity contribution in [2.45, 2.75) is 0 Å². The van der Waals surface area contributed by atoms with E-state index in [1.165, 1.54) is 0 Å². The van der Waals surface area contributed by atoms with Crippen molar-refractivity contribution in [2.75, 3.05) is 0 Å². The smallest absolute Gasteiger partial charge is 0.0618 e. The van der Waals surface area contributed by atoms with Gasteiger partial charge in [-0.15, -0.1) is 0 Å². The van der Waals surface area contributed by atoms with Crippen LogP contribution in [0.3, 0.4) is 0 Å². The third kappa shape index (κ3) is 4.33. The van der Waals surface area contributed by atoms with Crippen LogP contribution >= 0.6 is 0 Å². The van der Waals surface area contributed by atoms with Gasteiger partial charge in [-0.25, -0.2) is 0 Å². The van der Waals surface area contributed by atoms with Crippen molar-refractivity contribution in [3.05, 3.63) is 120 Å². The fourth-order valence-corrected chi connectivity index (χ4v) is 2.58. The first kappa shape index (κ1) is 16.5. The fourth-order valence-electron chi connectivity index (χ4n) is 2.58. The minimum Gasteiger partial charge on any atom is -0.398 e. The standard InChI is InChI=1S/C23H20N2/c24-22(19-12-6-2-7-13-19)16-21(18-10-4-1-5-11-18)17-23(25)20-14-8-3-9-15-20/h1-17,24H,25H2/b21-16+,23-17-,24-22?. The van der Waals surface area contributed by atoms with Crippen LogP contribution in [0, 0.1) is 5.41 Å². The molecule has 0 saturated carbocycles. The lowest BCUT2D eigenvalue weighted by Crippen LogP contribution is -1.99. The van der Waals surface area contributed by atoms with E-state index in [4.69, 9.17) is 11.1 Å². The molecule has 0 heterocycles. The first-order valence-corrected chi connectivity index (χ1v) is 8.18. The summed E-state index contributed by atoms with van der Waals surface area (Å²) in [4.78, 5) is 0. The zero-order chi connectivity index (χ0) is 17.5. The first-order chi connectivity index (χ1) is 12.2. The minimum atomic E-state index is 0.455. The molecule has 0 spiro atoms. The summed E-state index contributed by atoms with van der Waals surface area (Å²) in [6, 6.07) is 29.6. The van der Waals surface area contributed by atoms with Crippen molar-refractivity contribution in [2.24, 2.45) is 5.73 Å². The zero-order valence-electron chi connectivity index (χ0n) is 13.9. The maximum absolute atomic E-state index is 8.41. The zero-order valence-corrected chi connectivity index (χ0v) is 13.9. The van der Waals surface area contributed by atoms with E-state index in [1.807, 2.05) is 103 Å². The van der Waals surface area contributed by atoms with E-state index in [2.05, 4.69) is 0 Å². The third-order valence-corrected chi connectivity index (χ3v) is 3.91. The molecule has 3 aromatic rings. The highest BCUT2D eigenvalue weighted by Gasteiger charge is 2.04. The Hall–Kier alpha value is -3.39. The Morgan fingerprint density at radius 1 is 0.600 bits per heavy atom. The SMILES string of the molecule is N=C(/C=C(\C=C(/N)c1ccccc1)c1ccccc1)c1ccccc1. The number of allylic oxidation sites excluding steroid dienone is 3. The van der Waals surface area contributed by atoms with Crippen molar-refractivity contribution in [3.8, 4) is 0 Å². The molecule has 0 aliphatic carbocycles. The average molecular weight is 324 g/mol. The lowest BCUT2D eigenvalue weighted by Gasteiger charge is -2.08. The van der Waals surface area contributed by atoms with Crippen molar-refractivity contribution < 1.29 is 0 Å². The highest BCUT2D eigenvalue weighted by atomic mass is 14.6. The van der Waals surface area contributed by atoms with Gasteiger partial charge in [-0.2, -0.15) is 0 Å². The second-order valence-electron chi connectivity index (χ2n) is 5.71. The number of rotatable bonds is 5. The lowest BCUT2D eigenvalue weighted by atomic mass is 9.99. The summed E-state index contributed by atoms with van der Waals surface area (Å²) in [5.41, 5.74) is 11.2. The Morgan fingerprint density at radius 3 is 1.56 bits per heavy atom. The van der Waals surface area contributed by atoms with E-state index in [0.717, 1.165) is 22.3 Å². The normalized spacial score (nSPS) is 12.0. The highest BCUT2D eigenvalue weighted by Crippen LogP contribution is 2.21. The van der Waals surface area contributed by atoms with Crippen LogP contribution in [0.1, 0.15) is 16.7 Å². The van der Waals surface area contributed by atoms with Crippen molar-refractivity contribution in [1.82, 2.24) is 0 Å². The van der Waals surface area contributed by atoms with Crippen LogP contribution in [0.5, 0.6) is 0 Å². The maximum Gasteiger partial charge on any atom is 0.0618 e. The molecule has 25 heavy (non-hydrogen) atoms. The van der Waals surface area contributed by atoms with Crippen LogP contribution < -0.4 is 5.73 Å². The summed E-state index contributed by atoms with van der Waals surface area (Å²) < 4.78 is 0. The van der Waals surface area contributed by atoms with Crippen LogP contribution in [0.2, 0.25) is 0 Å². The molecule has 0 bridgehead atoms. The average Bonchev–Trinajstić information content (AvgIpc) is 2.69. The van der Waals surface area contributed by atoms with Gasteiger partial charge in [-0.1, -0.05) is 91.0 Å². The van der Waals surface area contributed by atoms with Gasteiger partial charge in [-0.05, 0) is 34.4 Å². The molecule has 3 aromatic carbocycles. The third-order valence-electron chi connectivity index (χ3n) is 3.91. The monoisotopic (exact) mass is 324 g/mol.